The van der Waals surface area contributed by atoms with Crippen LogP contribution in [-0.2, 0) is 0 Å². The third-order valence-corrected chi connectivity index (χ3v) is 4.24. The van der Waals surface area contributed by atoms with Crippen LogP contribution in [0.15, 0.2) is 30.3 Å². The van der Waals surface area contributed by atoms with Gasteiger partial charge in [-0.2, -0.15) is 11.8 Å². The van der Waals surface area contributed by atoms with Crippen molar-refractivity contribution in [3.8, 4) is 0 Å². The number of hydrogen-bond acceptors (Lipinski definition) is 2. The molecule has 0 saturated carbocycles. The predicted octanol–water partition coefficient (Wildman–Crippen LogP) is 4.01. The molecule has 0 heterocycles. The van der Waals surface area contributed by atoms with Gasteiger partial charge in [0.2, 0.25) is 0 Å². The highest BCUT2D eigenvalue weighted by Gasteiger charge is 2.15. The molecular formula is C16H27NS. The van der Waals surface area contributed by atoms with Gasteiger partial charge in [-0.25, -0.2) is 0 Å². The molecule has 0 radical (unpaired) electrons. The van der Waals surface area contributed by atoms with E-state index in [0.717, 1.165) is 19.0 Å². The zero-order chi connectivity index (χ0) is 13.4. The molecule has 1 N–H and O–H groups in total. The largest absolute Gasteiger partial charge is 0.316 e. The average Bonchev–Trinajstić information content (AvgIpc) is 2.35. The predicted molar refractivity (Wildman–Crippen MR) is 84.4 cm³/mol. The molecule has 2 atom stereocenters. The molecule has 1 rings (SSSR count). The molecule has 0 bridgehead atoms. The number of benzene rings is 1. The maximum absolute atomic E-state index is 3.64. The van der Waals surface area contributed by atoms with Gasteiger partial charge in [0, 0.05) is 6.54 Å². The number of hydrogen-bond donors (Lipinski definition) is 1. The van der Waals surface area contributed by atoms with Crippen LogP contribution < -0.4 is 5.32 Å². The second-order valence-corrected chi connectivity index (χ2v) is 6.39. The first-order valence-electron chi connectivity index (χ1n) is 6.89. The van der Waals surface area contributed by atoms with Crippen LogP contribution in [-0.4, -0.2) is 25.1 Å². The molecule has 18 heavy (non-hydrogen) atoms. The summed E-state index contributed by atoms with van der Waals surface area (Å²) < 4.78 is 0. The van der Waals surface area contributed by atoms with Crippen molar-refractivity contribution in [1.82, 2.24) is 5.32 Å². The first-order chi connectivity index (χ1) is 8.65. The molecule has 1 nitrogen and oxygen atoms in total. The van der Waals surface area contributed by atoms with Crippen molar-refractivity contribution in [3.05, 3.63) is 35.9 Å². The van der Waals surface area contributed by atoms with E-state index in [9.17, 15) is 0 Å². The quantitative estimate of drug-likeness (QED) is 0.762. The highest BCUT2D eigenvalue weighted by molar-refractivity contribution is 7.98. The maximum Gasteiger partial charge on any atom is 0.00227 e. The molecule has 0 amide bonds. The molecule has 0 aliphatic rings. The topological polar surface area (TPSA) is 12.0 Å². The van der Waals surface area contributed by atoms with Crippen LogP contribution in [0.2, 0.25) is 0 Å². The lowest BCUT2D eigenvalue weighted by Gasteiger charge is -2.23. The summed E-state index contributed by atoms with van der Waals surface area (Å²) in [5.74, 6) is 3.29. The Hall–Kier alpha value is -0.470. The minimum atomic E-state index is 0.618. The van der Waals surface area contributed by atoms with Gasteiger partial charge < -0.3 is 5.32 Å². The van der Waals surface area contributed by atoms with Gasteiger partial charge in [-0.15, -0.1) is 0 Å². The fourth-order valence-corrected chi connectivity index (χ4v) is 2.95. The molecule has 0 saturated heterocycles. The van der Waals surface area contributed by atoms with Crippen LogP contribution in [0.1, 0.15) is 32.3 Å². The summed E-state index contributed by atoms with van der Waals surface area (Å²) in [6.07, 6.45) is 2.18. The van der Waals surface area contributed by atoms with E-state index < -0.39 is 0 Å². The Balaban J connectivity index is 2.45. The highest BCUT2D eigenvalue weighted by Crippen LogP contribution is 2.23. The molecular weight excluding hydrogens is 238 g/mol. The van der Waals surface area contributed by atoms with Crippen molar-refractivity contribution in [2.24, 2.45) is 11.8 Å². The van der Waals surface area contributed by atoms with Gasteiger partial charge in [0.1, 0.15) is 0 Å². The Labute approximate surface area is 117 Å². The van der Waals surface area contributed by atoms with Crippen molar-refractivity contribution < 1.29 is 0 Å². The minimum Gasteiger partial charge on any atom is -0.316 e. The lowest BCUT2D eigenvalue weighted by Crippen LogP contribution is -2.29. The van der Waals surface area contributed by atoms with E-state index in [1.54, 1.807) is 0 Å². The third kappa shape index (κ3) is 5.45. The van der Waals surface area contributed by atoms with Crippen molar-refractivity contribution in [2.45, 2.75) is 26.7 Å². The van der Waals surface area contributed by atoms with Crippen molar-refractivity contribution in [1.29, 1.82) is 0 Å². The molecule has 102 valence electrons. The second-order valence-electron chi connectivity index (χ2n) is 5.48. The Morgan fingerprint density at radius 1 is 1.06 bits per heavy atom. The van der Waals surface area contributed by atoms with Gasteiger partial charge in [-0.05, 0) is 41.9 Å². The van der Waals surface area contributed by atoms with Gasteiger partial charge in [0.05, 0.1) is 0 Å². The van der Waals surface area contributed by atoms with Crippen molar-refractivity contribution in [2.75, 3.05) is 25.1 Å². The van der Waals surface area contributed by atoms with E-state index in [0.29, 0.717) is 11.8 Å². The van der Waals surface area contributed by atoms with Crippen LogP contribution in [0.3, 0.4) is 0 Å². The second kappa shape index (κ2) is 8.60. The van der Waals surface area contributed by atoms with Crippen LogP contribution >= 0.6 is 11.8 Å². The molecule has 0 fully saturated rings. The molecule has 0 aliphatic carbocycles. The van der Waals surface area contributed by atoms with Gasteiger partial charge in [-0.3, -0.25) is 0 Å². The lowest BCUT2D eigenvalue weighted by atomic mass is 9.88. The van der Waals surface area contributed by atoms with Gasteiger partial charge in [0.25, 0.3) is 0 Å². The smallest absolute Gasteiger partial charge is 0.00227 e. The monoisotopic (exact) mass is 265 g/mol. The van der Waals surface area contributed by atoms with Crippen LogP contribution in [0.4, 0.5) is 0 Å². The zero-order valence-corrected chi connectivity index (χ0v) is 13.0. The Morgan fingerprint density at radius 2 is 1.72 bits per heavy atom. The lowest BCUT2D eigenvalue weighted by molar-refractivity contribution is 0.444. The first-order valence-corrected chi connectivity index (χ1v) is 8.29. The molecule has 2 heteroatoms. The normalized spacial score (nSPS) is 14.7. The molecule has 0 aliphatic heterocycles. The zero-order valence-electron chi connectivity index (χ0n) is 12.1. The Kier molecular flexibility index (Phi) is 7.45. The Bertz CT molecular complexity index is 310. The van der Waals surface area contributed by atoms with E-state index in [4.69, 9.17) is 0 Å². The van der Waals surface area contributed by atoms with E-state index >= 15 is 0 Å². The fourth-order valence-electron chi connectivity index (χ4n) is 2.27. The van der Waals surface area contributed by atoms with Crippen LogP contribution in [0.25, 0.3) is 0 Å². The van der Waals surface area contributed by atoms with Crippen molar-refractivity contribution >= 4 is 11.8 Å². The number of thioether (sulfide) groups is 1. The standard InChI is InChI=1S/C16H27NS/c1-13(2)16(15-8-6-5-7-9-15)11-17-10-14(3)12-18-4/h5-9,13-14,16-17H,10-12H2,1-4H3. The van der Waals surface area contributed by atoms with Gasteiger partial charge in [0.15, 0.2) is 0 Å². The van der Waals surface area contributed by atoms with Crippen LogP contribution in [0, 0.1) is 11.8 Å². The summed E-state index contributed by atoms with van der Waals surface area (Å²) in [6, 6.07) is 10.9. The Morgan fingerprint density at radius 3 is 2.28 bits per heavy atom. The number of rotatable bonds is 8. The van der Waals surface area contributed by atoms with E-state index in [1.807, 2.05) is 11.8 Å². The molecule has 2 unspecified atom stereocenters. The van der Waals surface area contributed by atoms with E-state index in [1.165, 1.54) is 11.3 Å². The molecule has 1 aromatic rings. The maximum atomic E-state index is 3.64. The molecule has 1 aromatic carbocycles. The van der Waals surface area contributed by atoms with Crippen molar-refractivity contribution in [3.63, 3.8) is 0 Å². The summed E-state index contributed by atoms with van der Waals surface area (Å²) in [4.78, 5) is 0. The van der Waals surface area contributed by atoms with Crippen LogP contribution in [0.5, 0.6) is 0 Å². The third-order valence-electron chi connectivity index (χ3n) is 3.34. The molecule has 0 spiro atoms. The average molecular weight is 265 g/mol. The van der Waals surface area contributed by atoms with Gasteiger partial charge in [-0.1, -0.05) is 51.1 Å². The molecule has 0 aromatic heterocycles. The summed E-state index contributed by atoms with van der Waals surface area (Å²) in [7, 11) is 0. The van der Waals surface area contributed by atoms with Gasteiger partial charge >= 0.3 is 0 Å². The fraction of sp³-hybridized carbons (Fsp3) is 0.625. The minimum absolute atomic E-state index is 0.618. The highest BCUT2D eigenvalue weighted by atomic mass is 32.2. The summed E-state index contributed by atoms with van der Waals surface area (Å²) in [5.41, 5.74) is 1.46. The van der Waals surface area contributed by atoms with E-state index in [-0.39, 0.29) is 0 Å². The summed E-state index contributed by atoms with van der Waals surface area (Å²) >= 11 is 1.93. The SMILES string of the molecule is CSCC(C)CNCC(c1ccccc1)C(C)C. The summed E-state index contributed by atoms with van der Waals surface area (Å²) in [6.45, 7) is 9.14. The number of nitrogens with one attached hydrogen (secondary N) is 1. The first kappa shape index (κ1) is 15.6. The summed E-state index contributed by atoms with van der Waals surface area (Å²) in [5, 5.41) is 3.64. The van der Waals surface area contributed by atoms with E-state index in [2.05, 4.69) is 62.7 Å².